The van der Waals surface area contributed by atoms with Crippen LogP contribution < -0.4 is 4.90 Å². The summed E-state index contributed by atoms with van der Waals surface area (Å²) in [6.07, 6.45) is 4.97. The van der Waals surface area contributed by atoms with E-state index >= 15 is 0 Å². The summed E-state index contributed by atoms with van der Waals surface area (Å²) < 4.78 is 0. The summed E-state index contributed by atoms with van der Waals surface area (Å²) in [6, 6.07) is 1.57. The van der Waals surface area contributed by atoms with Crippen molar-refractivity contribution < 1.29 is 9.90 Å². The molecule has 1 saturated carbocycles. The fraction of sp³-hybridized carbons (Fsp3) is 0.538. The highest BCUT2D eigenvalue weighted by Gasteiger charge is 2.25. The van der Waals surface area contributed by atoms with Crippen molar-refractivity contribution in [2.45, 2.75) is 26.2 Å². The van der Waals surface area contributed by atoms with Crippen LogP contribution in [0.2, 0.25) is 5.02 Å². The van der Waals surface area contributed by atoms with Gasteiger partial charge in [-0.05, 0) is 31.2 Å². The zero-order valence-electron chi connectivity index (χ0n) is 10.4. The standard InChI is InChI=1S/C13H17ClN2O2/c1-2-5-16(8-9-3-4-9)12-6-10(13(17)18)11(14)7-15-12/h6-7,9H,2-5,8H2,1H3,(H,17,18). The summed E-state index contributed by atoms with van der Waals surface area (Å²) in [6.45, 7) is 3.96. The Morgan fingerprint density at radius 3 is 2.89 bits per heavy atom. The quantitative estimate of drug-likeness (QED) is 0.862. The highest BCUT2D eigenvalue weighted by molar-refractivity contribution is 6.33. The van der Waals surface area contributed by atoms with E-state index in [-0.39, 0.29) is 10.6 Å². The molecule has 0 atom stereocenters. The molecule has 18 heavy (non-hydrogen) atoms. The van der Waals surface area contributed by atoms with Gasteiger partial charge in [-0.25, -0.2) is 9.78 Å². The number of nitrogens with zero attached hydrogens (tertiary/aromatic N) is 2. The summed E-state index contributed by atoms with van der Waals surface area (Å²) in [5, 5.41) is 9.25. The van der Waals surface area contributed by atoms with Crippen LogP contribution in [-0.2, 0) is 0 Å². The number of carboxylic acids is 1. The van der Waals surface area contributed by atoms with Crippen LogP contribution in [0.4, 0.5) is 5.82 Å². The topological polar surface area (TPSA) is 53.4 Å². The third kappa shape index (κ3) is 3.13. The van der Waals surface area contributed by atoms with E-state index in [4.69, 9.17) is 16.7 Å². The summed E-state index contributed by atoms with van der Waals surface area (Å²) in [5.41, 5.74) is 0.124. The third-order valence-electron chi connectivity index (χ3n) is 3.06. The minimum absolute atomic E-state index is 0.124. The van der Waals surface area contributed by atoms with E-state index in [2.05, 4.69) is 16.8 Å². The molecular weight excluding hydrogens is 252 g/mol. The number of pyridine rings is 1. The molecule has 0 aliphatic heterocycles. The number of carbonyl (C=O) groups is 1. The monoisotopic (exact) mass is 268 g/mol. The van der Waals surface area contributed by atoms with E-state index in [9.17, 15) is 4.79 Å². The van der Waals surface area contributed by atoms with Crippen molar-refractivity contribution >= 4 is 23.4 Å². The molecular formula is C13H17ClN2O2. The van der Waals surface area contributed by atoms with Crippen LogP contribution in [0.15, 0.2) is 12.3 Å². The molecule has 1 aromatic heterocycles. The second kappa shape index (κ2) is 5.57. The first-order valence-electron chi connectivity index (χ1n) is 6.25. The number of hydrogen-bond donors (Lipinski definition) is 1. The Balaban J connectivity index is 2.22. The molecule has 5 heteroatoms. The first-order valence-corrected chi connectivity index (χ1v) is 6.63. The molecule has 98 valence electrons. The maximum Gasteiger partial charge on any atom is 0.337 e. The molecule has 0 aromatic carbocycles. The Bertz CT molecular complexity index is 447. The van der Waals surface area contributed by atoms with E-state index in [1.54, 1.807) is 6.07 Å². The molecule has 0 amide bonds. The van der Waals surface area contributed by atoms with E-state index in [1.165, 1.54) is 19.0 Å². The average molecular weight is 269 g/mol. The van der Waals surface area contributed by atoms with Crippen molar-refractivity contribution in [2.75, 3.05) is 18.0 Å². The SMILES string of the molecule is CCCN(CC1CC1)c1cc(C(=O)O)c(Cl)cn1. The van der Waals surface area contributed by atoms with Crippen LogP contribution in [0, 0.1) is 5.92 Å². The highest BCUT2D eigenvalue weighted by atomic mass is 35.5. The lowest BCUT2D eigenvalue weighted by molar-refractivity contribution is 0.0697. The number of rotatable bonds is 6. The minimum Gasteiger partial charge on any atom is -0.478 e. The molecule has 1 N–H and O–H groups in total. The van der Waals surface area contributed by atoms with Crippen molar-refractivity contribution in [3.63, 3.8) is 0 Å². The van der Waals surface area contributed by atoms with Crippen molar-refractivity contribution in [3.8, 4) is 0 Å². The van der Waals surface area contributed by atoms with Crippen molar-refractivity contribution in [1.82, 2.24) is 4.98 Å². The number of halogens is 1. The summed E-state index contributed by atoms with van der Waals surface area (Å²) in [7, 11) is 0. The van der Waals surface area contributed by atoms with Gasteiger partial charge in [-0.2, -0.15) is 0 Å². The predicted molar refractivity (Wildman–Crippen MR) is 71.4 cm³/mol. The number of aromatic nitrogens is 1. The molecule has 0 unspecified atom stereocenters. The summed E-state index contributed by atoms with van der Waals surface area (Å²) in [4.78, 5) is 17.5. The van der Waals surface area contributed by atoms with Crippen LogP contribution in [0.5, 0.6) is 0 Å². The van der Waals surface area contributed by atoms with Gasteiger partial charge < -0.3 is 10.0 Å². The summed E-state index contributed by atoms with van der Waals surface area (Å²) >= 11 is 5.83. The molecule has 1 aromatic rings. The van der Waals surface area contributed by atoms with Crippen molar-refractivity contribution in [2.24, 2.45) is 5.92 Å². The Labute approximate surface area is 112 Å². The smallest absolute Gasteiger partial charge is 0.337 e. The van der Waals surface area contributed by atoms with Crippen LogP contribution in [0.3, 0.4) is 0 Å². The van der Waals surface area contributed by atoms with Gasteiger partial charge >= 0.3 is 5.97 Å². The maximum atomic E-state index is 11.1. The first kappa shape index (κ1) is 13.1. The highest BCUT2D eigenvalue weighted by Crippen LogP contribution is 2.31. The van der Waals surface area contributed by atoms with E-state index in [0.29, 0.717) is 5.82 Å². The molecule has 0 saturated heterocycles. The number of carboxylic acid groups (broad SMARTS) is 1. The molecule has 0 bridgehead atoms. The number of anilines is 1. The Kier molecular flexibility index (Phi) is 4.07. The molecule has 1 aliphatic rings. The molecule has 1 fully saturated rings. The van der Waals surface area contributed by atoms with Gasteiger partial charge in [-0.15, -0.1) is 0 Å². The predicted octanol–water partition coefficient (Wildman–Crippen LogP) is 3.06. The molecule has 1 aliphatic carbocycles. The van der Waals surface area contributed by atoms with Gasteiger partial charge in [0.15, 0.2) is 0 Å². The van der Waals surface area contributed by atoms with Gasteiger partial charge in [-0.1, -0.05) is 18.5 Å². The van der Waals surface area contributed by atoms with Gasteiger partial charge in [-0.3, -0.25) is 0 Å². The largest absolute Gasteiger partial charge is 0.478 e. The lowest BCUT2D eigenvalue weighted by Gasteiger charge is -2.23. The van der Waals surface area contributed by atoms with E-state index < -0.39 is 5.97 Å². The lowest BCUT2D eigenvalue weighted by atomic mass is 10.2. The maximum absolute atomic E-state index is 11.1. The van der Waals surface area contributed by atoms with Crippen LogP contribution >= 0.6 is 11.6 Å². The fourth-order valence-electron chi connectivity index (χ4n) is 1.95. The van der Waals surface area contributed by atoms with Crippen LogP contribution in [-0.4, -0.2) is 29.1 Å². The van der Waals surface area contributed by atoms with Gasteiger partial charge in [0.2, 0.25) is 0 Å². The third-order valence-corrected chi connectivity index (χ3v) is 3.37. The first-order chi connectivity index (χ1) is 8.61. The Morgan fingerprint density at radius 1 is 1.61 bits per heavy atom. The van der Waals surface area contributed by atoms with Crippen LogP contribution in [0.25, 0.3) is 0 Å². The zero-order chi connectivity index (χ0) is 13.1. The van der Waals surface area contributed by atoms with Gasteiger partial charge in [0, 0.05) is 19.3 Å². The number of aromatic carboxylic acids is 1. The van der Waals surface area contributed by atoms with Crippen molar-refractivity contribution in [3.05, 3.63) is 22.8 Å². The lowest BCUT2D eigenvalue weighted by Crippen LogP contribution is -2.27. The molecule has 0 radical (unpaired) electrons. The van der Waals surface area contributed by atoms with E-state index in [1.807, 2.05) is 0 Å². The molecule has 4 nitrogen and oxygen atoms in total. The van der Waals surface area contributed by atoms with Gasteiger partial charge in [0.1, 0.15) is 5.82 Å². The summed E-state index contributed by atoms with van der Waals surface area (Å²) in [5.74, 6) is 0.444. The average Bonchev–Trinajstić information content (AvgIpc) is 3.13. The normalized spacial score (nSPS) is 14.6. The second-order valence-corrected chi connectivity index (χ2v) is 5.12. The minimum atomic E-state index is -1.01. The molecule has 0 spiro atoms. The van der Waals surface area contributed by atoms with Gasteiger partial charge in [0.25, 0.3) is 0 Å². The Morgan fingerprint density at radius 2 is 2.33 bits per heavy atom. The zero-order valence-corrected chi connectivity index (χ0v) is 11.2. The second-order valence-electron chi connectivity index (χ2n) is 4.72. The fourth-order valence-corrected chi connectivity index (χ4v) is 2.13. The number of hydrogen-bond acceptors (Lipinski definition) is 3. The molecule has 2 rings (SSSR count). The van der Waals surface area contributed by atoms with E-state index in [0.717, 1.165) is 25.4 Å². The van der Waals surface area contributed by atoms with Crippen molar-refractivity contribution in [1.29, 1.82) is 0 Å². The van der Waals surface area contributed by atoms with Crippen LogP contribution in [0.1, 0.15) is 36.5 Å². The molecule has 1 heterocycles. The Hall–Kier alpha value is -1.29. The van der Waals surface area contributed by atoms with Gasteiger partial charge in [0.05, 0.1) is 10.6 Å².